The van der Waals surface area contributed by atoms with E-state index in [1.54, 1.807) is 50.6 Å². The van der Waals surface area contributed by atoms with Gasteiger partial charge in [-0.05, 0) is 36.4 Å². The Kier molecular flexibility index (Phi) is 6.92. The Morgan fingerprint density at radius 1 is 1.15 bits per heavy atom. The maximum Gasteiger partial charge on any atom is 0.291 e. The van der Waals surface area contributed by atoms with E-state index in [1.807, 2.05) is 0 Å². The molecule has 0 saturated heterocycles. The molecule has 0 bridgehead atoms. The van der Waals surface area contributed by atoms with E-state index in [4.69, 9.17) is 9.15 Å². The molecule has 8 nitrogen and oxygen atoms in total. The first kappa shape index (κ1) is 19.2. The van der Waals surface area contributed by atoms with Gasteiger partial charge in [-0.15, -0.1) is 0 Å². The molecule has 1 aromatic heterocycles. The van der Waals surface area contributed by atoms with E-state index in [1.165, 1.54) is 11.2 Å². The van der Waals surface area contributed by atoms with Crippen molar-refractivity contribution in [1.82, 2.24) is 10.2 Å². The number of carbonyl (C=O) groups excluding carboxylic acids is 3. The number of hydrogen-bond donors (Lipinski definition) is 2. The average molecular weight is 359 g/mol. The molecule has 0 saturated carbocycles. The van der Waals surface area contributed by atoms with E-state index >= 15 is 0 Å². The molecule has 26 heavy (non-hydrogen) atoms. The van der Waals surface area contributed by atoms with E-state index in [2.05, 4.69) is 10.6 Å². The fourth-order valence-corrected chi connectivity index (χ4v) is 2.15. The van der Waals surface area contributed by atoms with Crippen LogP contribution in [-0.4, -0.2) is 56.5 Å². The van der Waals surface area contributed by atoms with Gasteiger partial charge in [0.2, 0.25) is 5.91 Å². The number of likely N-dealkylation sites (N-methyl/N-ethyl adjacent to an activating group) is 1. The Labute approximate surface area is 151 Å². The van der Waals surface area contributed by atoms with Crippen LogP contribution >= 0.6 is 0 Å². The number of ether oxygens (including phenoxy) is 1. The molecule has 3 amide bonds. The van der Waals surface area contributed by atoms with Gasteiger partial charge in [-0.25, -0.2) is 0 Å². The van der Waals surface area contributed by atoms with E-state index in [0.717, 1.165) is 0 Å². The van der Waals surface area contributed by atoms with Gasteiger partial charge in [0.1, 0.15) is 0 Å². The molecular weight excluding hydrogens is 338 g/mol. The predicted molar refractivity (Wildman–Crippen MR) is 94.9 cm³/mol. The predicted octanol–water partition coefficient (Wildman–Crippen LogP) is 1.37. The molecule has 0 atom stereocenters. The number of rotatable bonds is 8. The van der Waals surface area contributed by atoms with Crippen LogP contribution in [0.1, 0.15) is 20.9 Å². The normalized spacial score (nSPS) is 10.2. The lowest BCUT2D eigenvalue weighted by atomic mass is 10.2. The summed E-state index contributed by atoms with van der Waals surface area (Å²) in [6.07, 6.45) is 1.41. The average Bonchev–Trinajstić information content (AvgIpc) is 3.17. The van der Waals surface area contributed by atoms with Crippen molar-refractivity contribution in [3.63, 3.8) is 0 Å². The summed E-state index contributed by atoms with van der Waals surface area (Å²) in [7, 11) is 3.09. The second kappa shape index (κ2) is 9.38. The standard InChI is InChI=1S/C18H21N3O5/c1-21(12-16(22)19-9-11-25-2)18(24)13-5-7-14(8-6-13)20-17(23)15-4-3-10-26-15/h3-8,10H,9,11-12H2,1-2H3,(H,19,22)(H,20,23). The Hall–Kier alpha value is -3.13. The molecule has 138 valence electrons. The quantitative estimate of drug-likeness (QED) is 0.693. The molecule has 1 aromatic carbocycles. The van der Waals surface area contributed by atoms with Crippen LogP contribution in [0.15, 0.2) is 47.1 Å². The molecule has 2 N–H and O–H groups in total. The van der Waals surface area contributed by atoms with Crippen molar-refractivity contribution in [2.45, 2.75) is 0 Å². The number of amides is 3. The Balaban J connectivity index is 1.89. The zero-order chi connectivity index (χ0) is 18.9. The van der Waals surface area contributed by atoms with Gasteiger partial charge >= 0.3 is 0 Å². The summed E-state index contributed by atoms with van der Waals surface area (Å²) in [5.41, 5.74) is 0.941. The fraction of sp³-hybridized carbons (Fsp3) is 0.278. The van der Waals surface area contributed by atoms with E-state index in [9.17, 15) is 14.4 Å². The number of carbonyl (C=O) groups is 3. The highest BCUT2D eigenvalue weighted by Gasteiger charge is 2.15. The molecule has 0 radical (unpaired) electrons. The zero-order valence-electron chi connectivity index (χ0n) is 14.7. The number of hydrogen-bond acceptors (Lipinski definition) is 5. The first-order chi connectivity index (χ1) is 12.5. The summed E-state index contributed by atoms with van der Waals surface area (Å²) < 4.78 is 9.86. The summed E-state index contributed by atoms with van der Waals surface area (Å²) in [4.78, 5) is 37.3. The highest BCUT2D eigenvalue weighted by atomic mass is 16.5. The number of nitrogens with zero attached hydrogens (tertiary/aromatic N) is 1. The third-order valence-corrected chi connectivity index (χ3v) is 3.49. The topological polar surface area (TPSA) is 101 Å². The lowest BCUT2D eigenvalue weighted by molar-refractivity contribution is -0.121. The van der Waals surface area contributed by atoms with Gasteiger partial charge in [0.15, 0.2) is 5.76 Å². The van der Waals surface area contributed by atoms with Gasteiger partial charge in [0.25, 0.3) is 11.8 Å². The van der Waals surface area contributed by atoms with Crippen molar-refractivity contribution in [2.75, 3.05) is 39.2 Å². The number of nitrogens with one attached hydrogen (secondary N) is 2. The first-order valence-corrected chi connectivity index (χ1v) is 7.97. The third kappa shape index (κ3) is 5.45. The number of methoxy groups -OCH3 is 1. The molecule has 0 spiro atoms. The van der Waals surface area contributed by atoms with Gasteiger partial charge in [0.05, 0.1) is 19.4 Å². The van der Waals surface area contributed by atoms with Crippen molar-refractivity contribution < 1.29 is 23.5 Å². The summed E-state index contributed by atoms with van der Waals surface area (Å²) in [6.45, 7) is 0.746. The summed E-state index contributed by atoms with van der Waals surface area (Å²) in [6, 6.07) is 9.57. The lowest BCUT2D eigenvalue weighted by Gasteiger charge is -2.17. The van der Waals surface area contributed by atoms with Gasteiger partial charge in [-0.3, -0.25) is 14.4 Å². The Morgan fingerprint density at radius 3 is 2.50 bits per heavy atom. The molecule has 0 aliphatic heterocycles. The summed E-state index contributed by atoms with van der Waals surface area (Å²) in [5, 5.41) is 5.32. The molecule has 0 aliphatic carbocycles. The van der Waals surface area contributed by atoms with Crippen molar-refractivity contribution in [2.24, 2.45) is 0 Å². The lowest BCUT2D eigenvalue weighted by Crippen LogP contribution is -2.39. The smallest absolute Gasteiger partial charge is 0.291 e. The highest BCUT2D eigenvalue weighted by Crippen LogP contribution is 2.13. The SMILES string of the molecule is COCCNC(=O)CN(C)C(=O)c1ccc(NC(=O)c2ccco2)cc1. The van der Waals surface area contributed by atoms with Crippen LogP contribution < -0.4 is 10.6 Å². The van der Waals surface area contributed by atoms with Crippen LogP contribution in [-0.2, 0) is 9.53 Å². The van der Waals surface area contributed by atoms with Crippen molar-refractivity contribution in [1.29, 1.82) is 0 Å². The monoisotopic (exact) mass is 359 g/mol. The van der Waals surface area contributed by atoms with E-state index < -0.39 is 0 Å². The van der Waals surface area contributed by atoms with Crippen LogP contribution in [0.3, 0.4) is 0 Å². The van der Waals surface area contributed by atoms with Crippen LogP contribution in [0.5, 0.6) is 0 Å². The molecule has 2 aromatic rings. The van der Waals surface area contributed by atoms with Gasteiger partial charge in [-0.1, -0.05) is 0 Å². The van der Waals surface area contributed by atoms with Crippen molar-refractivity contribution >= 4 is 23.4 Å². The largest absolute Gasteiger partial charge is 0.459 e. The van der Waals surface area contributed by atoms with Crippen LogP contribution in [0.4, 0.5) is 5.69 Å². The minimum Gasteiger partial charge on any atom is -0.459 e. The first-order valence-electron chi connectivity index (χ1n) is 7.97. The minimum absolute atomic E-state index is 0.0560. The number of anilines is 1. The second-order valence-corrected chi connectivity index (χ2v) is 5.51. The van der Waals surface area contributed by atoms with Crippen LogP contribution in [0.2, 0.25) is 0 Å². The van der Waals surface area contributed by atoms with Crippen molar-refractivity contribution in [3.05, 3.63) is 54.0 Å². The third-order valence-electron chi connectivity index (χ3n) is 3.49. The minimum atomic E-state index is -0.376. The number of benzene rings is 1. The van der Waals surface area contributed by atoms with Crippen molar-refractivity contribution in [3.8, 4) is 0 Å². The van der Waals surface area contributed by atoms with Gasteiger partial charge in [0, 0.05) is 32.0 Å². The highest BCUT2D eigenvalue weighted by molar-refractivity contribution is 6.02. The Morgan fingerprint density at radius 2 is 1.88 bits per heavy atom. The zero-order valence-corrected chi connectivity index (χ0v) is 14.7. The molecule has 1 heterocycles. The van der Waals surface area contributed by atoms with Crippen LogP contribution in [0.25, 0.3) is 0 Å². The van der Waals surface area contributed by atoms with E-state index in [-0.39, 0.29) is 30.0 Å². The van der Waals surface area contributed by atoms with Crippen LogP contribution in [0, 0.1) is 0 Å². The molecular formula is C18H21N3O5. The molecule has 0 unspecified atom stereocenters. The molecule has 8 heteroatoms. The molecule has 0 fully saturated rings. The van der Waals surface area contributed by atoms with E-state index in [0.29, 0.717) is 24.4 Å². The molecule has 0 aliphatic rings. The van der Waals surface area contributed by atoms with Gasteiger partial charge < -0.3 is 24.7 Å². The summed E-state index contributed by atoms with van der Waals surface area (Å²) in [5.74, 6) is -0.737. The maximum absolute atomic E-state index is 12.3. The maximum atomic E-state index is 12.3. The summed E-state index contributed by atoms with van der Waals surface area (Å²) >= 11 is 0. The molecule has 2 rings (SSSR count). The second-order valence-electron chi connectivity index (χ2n) is 5.51. The van der Waals surface area contributed by atoms with Gasteiger partial charge in [-0.2, -0.15) is 0 Å². The Bertz CT molecular complexity index is 741. The fourth-order valence-electron chi connectivity index (χ4n) is 2.15. The number of furan rings is 1.